The number of benzene rings is 2. The van der Waals surface area contributed by atoms with Crippen LogP contribution in [0.4, 0.5) is 11.4 Å². The Kier molecular flexibility index (Phi) is 6.25. The number of carbonyl (C=O) groups is 2. The van der Waals surface area contributed by atoms with E-state index in [4.69, 9.17) is 21.1 Å². The van der Waals surface area contributed by atoms with E-state index in [0.717, 1.165) is 0 Å². The summed E-state index contributed by atoms with van der Waals surface area (Å²) in [5.74, 6) is 0.407. The summed E-state index contributed by atoms with van der Waals surface area (Å²) in [6.07, 6.45) is 0. The van der Waals surface area contributed by atoms with Gasteiger partial charge < -0.3 is 20.1 Å². The number of halogens is 1. The summed E-state index contributed by atoms with van der Waals surface area (Å²) in [6.45, 7) is 3.68. The van der Waals surface area contributed by atoms with Crippen molar-refractivity contribution in [3.05, 3.63) is 47.0 Å². The number of hydrogen-bond donors (Lipinski definition) is 2. The van der Waals surface area contributed by atoms with Gasteiger partial charge in [-0.15, -0.1) is 0 Å². The average molecular weight is 363 g/mol. The van der Waals surface area contributed by atoms with Gasteiger partial charge in [0.2, 0.25) is 5.91 Å². The quantitative estimate of drug-likeness (QED) is 0.815. The summed E-state index contributed by atoms with van der Waals surface area (Å²) in [7, 11) is 1.53. The lowest BCUT2D eigenvalue weighted by Crippen LogP contribution is -2.15. The first-order chi connectivity index (χ1) is 11.9. The first-order valence-corrected chi connectivity index (χ1v) is 8.01. The maximum atomic E-state index is 12.6. The number of anilines is 2. The summed E-state index contributed by atoms with van der Waals surface area (Å²) in [6, 6.07) is 9.70. The molecule has 0 atom stereocenters. The number of carbonyl (C=O) groups excluding carboxylic acids is 2. The van der Waals surface area contributed by atoms with Gasteiger partial charge in [-0.3, -0.25) is 9.59 Å². The Balaban J connectivity index is 2.29. The second-order valence-corrected chi connectivity index (χ2v) is 5.56. The molecule has 0 spiro atoms. The zero-order chi connectivity index (χ0) is 18.4. The Labute approximate surface area is 151 Å². The van der Waals surface area contributed by atoms with Crippen LogP contribution in [0.15, 0.2) is 36.4 Å². The van der Waals surface area contributed by atoms with Gasteiger partial charge in [-0.1, -0.05) is 11.6 Å². The summed E-state index contributed by atoms with van der Waals surface area (Å²) in [4.78, 5) is 23.9. The van der Waals surface area contributed by atoms with Crippen LogP contribution in [0.25, 0.3) is 0 Å². The van der Waals surface area contributed by atoms with E-state index >= 15 is 0 Å². The number of rotatable bonds is 6. The zero-order valence-electron chi connectivity index (χ0n) is 14.2. The number of ether oxygens (including phenoxy) is 2. The van der Waals surface area contributed by atoms with Crippen LogP contribution < -0.4 is 20.1 Å². The number of hydrogen-bond acceptors (Lipinski definition) is 4. The monoisotopic (exact) mass is 362 g/mol. The highest BCUT2D eigenvalue weighted by Gasteiger charge is 2.14. The van der Waals surface area contributed by atoms with Gasteiger partial charge in [-0.2, -0.15) is 0 Å². The first-order valence-electron chi connectivity index (χ1n) is 7.64. The van der Waals surface area contributed by atoms with E-state index in [-0.39, 0.29) is 11.8 Å². The molecule has 2 aromatic carbocycles. The van der Waals surface area contributed by atoms with Crippen molar-refractivity contribution >= 4 is 34.8 Å². The molecule has 132 valence electrons. The van der Waals surface area contributed by atoms with Crippen LogP contribution in [0.2, 0.25) is 5.02 Å². The molecule has 0 aliphatic rings. The van der Waals surface area contributed by atoms with Crippen molar-refractivity contribution < 1.29 is 19.1 Å². The molecule has 2 aromatic rings. The Morgan fingerprint density at radius 2 is 1.80 bits per heavy atom. The number of methoxy groups -OCH3 is 1. The van der Waals surface area contributed by atoms with E-state index in [1.165, 1.54) is 14.0 Å². The molecule has 0 unspecified atom stereocenters. The molecule has 2 rings (SSSR count). The molecule has 0 aliphatic heterocycles. The van der Waals surface area contributed by atoms with Crippen molar-refractivity contribution in [1.82, 2.24) is 0 Å². The molecule has 0 saturated carbocycles. The molecule has 0 saturated heterocycles. The standard InChI is InChI=1S/C18H19ClN2O4/c1-4-25-17-9-12(5-8-16(17)24-3)18(23)21-15-10-13(19)6-7-14(15)20-11(2)22/h5-10H,4H2,1-3H3,(H,20,22)(H,21,23). The molecule has 6 nitrogen and oxygen atoms in total. The normalized spacial score (nSPS) is 10.1. The van der Waals surface area contributed by atoms with Gasteiger partial charge in [0.05, 0.1) is 25.1 Å². The Morgan fingerprint density at radius 3 is 2.44 bits per heavy atom. The summed E-state index contributed by atoms with van der Waals surface area (Å²) < 4.78 is 10.7. The van der Waals surface area contributed by atoms with Crippen molar-refractivity contribution in [3.63, 3.8) is 0 Å². The van der Waals surface area contributed by atoms with Gasteiger partial charge in [0.1, 0.15) is 0 Å². The van der Waals surface area contributed by atoms with Crippen LogP contribution >= 0.6 is 11.6 Å². The molecule has 7 heteroatoms. The zero-order valence-corrected chi connectivity index (χ0v) is 14.9. The fourth-order valence-corrected chi connectivity index (χ4v) is 2.37. The average Bonchev–Trinajstić information content (AvgIpc) is 2.57. The van der Waals surface area contributed by atoms with Gasteiger partial charge >= 0.3 is 0 Å². The molecule has 2 amide bonds. The Hall–Kier alpha value is -2.73. The minimum absolute atomic E-state index is 0.249. The lowest BCUT2D eigenvalue weighted by atomic mass is 10.1. The smallest absolute Gasteiger partial charge is 0.255 e. The molecular weight excluding hydrogens is 344 g/mol. The molecule has 0 aliphatic carbocycles. The third-order valence-electron chi connectivity index (χ3n) is 3.27. The van der Waals surface area contributed by atoms with Crippen LogP contribution in [0.5, 0.6) is 11.5 Å². The van der Waals surface area contributed by atoms with Crippen molar-refractivity contribution in [2.75, 3.05) is 24.4 Å². The van der Waals surface area contributed by atoms with E-state index in [1.807, 2.05) is 6.92 Å². The van der Waals surface area contributed by atoms with Crippen LogP contribution in [0, 0.1) is 0 Å². The van der Waals surface area contributed by atoms with Gasteiger partial charge in [-0.25, -0.2) is 0 Å². The number of amides is 2. The second kappa shape index (κ2) is 8.39. The van der Waals surface area contributed by atoms with Gasteiger partial charge in [0, 0.05) is 17.5 Å². The minimum atomic E-state index is -0.363. The summed E-state index contributed by atoms with van der Waals surface area (Å²) >= 11 is 5.99. The Bertz CT molecular complexity index is 793. The molecule has 0 aromatic heterocycles. The lowest BCUT2D eigenvalue weighted by molar-refractivity contribution is -0.114. The topological polar surface area (TPSA) is 76.7 Å². The molecule has 25 heavy (non-hydrogen) atoms. The SMILES string of the molecule is CCOc1cc(C(=O)Nc2cc(Cl)ccc2NC(C)=O)ccc1OC. The van der Waals surface area contributed by atoms with Crippen molar-refractivity contribution in [3.8, 4) is 11.5 Å². The highest BCUT2D eigenvalue weighted by atomic mass is 35.5. The van der Waals surface area contributed by atoms with Crippen LogP contribution in [-0.4, -0.2) is 25.5 Å². The highest BCUT2D eigenvalue weighted by Crippen LogP contribution is 2.30. The van der Waals surface area contributed by atoms with E-state index in [9.17, 15) is 9.59 Å². The molecule has 0 bridgehead atoms. The van der Waals surface area contributed by atoms with E-state index in [0.29, 0.717) is 40.1 Å². The molecule has 2 N–H and O–H groups in total. The summed E-state index contributed by atoms with van der Waals surface area (Å²) in [5, 5.41) is 5.83. The van der Waals surface area contributed by atoms with Gasteiger partial charge in [0.25, 0.3) is 5.91 Å². The largest absolute Gasteiger partial charge is 0.493 e. The van der Waals surface area contributed by atoms with Gasteiger partial charge in [0.15, 0.2) is 11.5 Å². The van der Waals surface area contributed by atoms with Crippen LogP contribution in [-0.2, 0) is 4.79 Å². The fourth-order valence-electron chi connectivity index (χ4n) is 2.20. The van der Waals surface area contributed by atoms with Crippen molar-refractivity contribution in [2.45, 2.75) is 13.8 Å². The molecular formula is C18H19ClN2O4. The first kappa shape index (κ1) is 18.6. The van der Waals surface area contributed by atoms with Crippen LogP contribution in [0.3, 0.4) is 0 Å². The van der Waals surface area contributed by atoms with Crippen LogP contribution in [0.1, 0.15) is 24.2 Å². The summed E-state index contributed by atoms with van der Waals surface area (Å²) in [5.41, 5.74) is 1.25. The van der Waals surface area contributed by atoms with E-state index in [2.05, 4.69) is 10.6 Å². The van der Waals surface area contributed by atoms with Crippen molar-refractivity contribution in [2.24, 2.45) is 0 Å². The maximum absolute atomic E-state index is 12.6. The van der Waals surface area contributed by atoms with Crippen molar-refractivity contribution in [1.29, 1.82) is 0 Å². The van der Waals surface area contributed by atoms with E-state index < -0.39 is 0 Å². The highest BCUT2D eigenvalue weighted by molar-refractivity contribution is 6.31. The molecule has 0 fully saturated rings. The third-order valence-corrected chi connectivity index (χ3v) is 3.50. The second-order valence-electron chi connectivity index (χ2n) is 5.12. The van der Waals surface area contributed by atoms with Gasteiger partial charge in [-0.05, 0) is 43.3 Å². The predicted octanol–water partition coefficient (Wildman–Crippen LogP) is 3.96. The maximum Gasteiger partial charge on any atom is 0.255 e. The predicted molar refractivity (Wildman–Crippen MR) is 97.9 cm³/mol. The lowest BCUT2D eigenvalue weighted by Gasteiger charge is -2.14. The Morgan fingerprint density at radius 1 is 1.04 bits per heavy atom. The molecule has 0 radical (unpaired) electrons. The fraction of sp³-hybridized carbons (Fsp3) is 0.222. The minimum Gasteiger partial charge on any atom is -0.493 e. The third kappa shape index (κ3) is 4.87. The number of nitrogens with one attached hydrogen (secondary N) is 2. The molecule has 0 heterocycles. The van der Waals surface area contributed by atoms with E-state index in [1.54, 1.807) is 36.4 Å².